The Kier molecular flexibility index (Phi) is 10.3. The first-order valence-electron chi connectivity index (χ1n) is 17.7. The molecular formula is C41H43FN4O6. The number of hydrogen-bond donors (Lipinski definition) is 6. The number of ether oxygens (including phenoxy) is 1. The molecule has 8 rings (SSSR count). The average Bonchev–Trinajstić information content (AvgIpc) is 3.15. The highest BCUT2D eigenvalue weighted by Gasteiger charge is 2.51. The summed E-state index contributed by atoms with van der Waals surface area (Å²) in [4.78, 5) is 29.2. The van der Waals surface area contributed by atoms with E-state index in [4.69, 9.17) is 4.74 Å². The fourth-order valence-corrected chi connectivity index (χ4v) is 8.19. The van der Waals surface area contributed by atoms with E-state index in [1.807, 2.05) is 48.5 Å². The summed E-state index contributed by atoms with van der Waals surface area (Å²) < 4.78 is 21.1. The number of aromatic amines is 1. The predicted molar refractivity (Wildman–Crippen MR) is 196 cm³/mol. The van der Waals surface area contributed by atoms with E-state index >= 15 is 0 Å². The van der Waals surface area contributed by atoms with Crippen molar-refractivity contribution in [3.05, 3.63) is 141 Å². The Balaban J connectivity index is 1.03. The summed E-state index contributed by atoms with van der Waals surface area (Å²) in [6, 6.07) is 27.9. The molecule has 1 aromatic heterocycles. The van der Waals surface area contributed by atoms with Crippen LogP contribution in [-0.4, -0.2) is 64.0 Å². The Hall–Kier alpha value is -5.23. The second kappa shape index (κ2) is 15.2. The number of benzene rings is 4. The molecule has 4 heterocycles. The zero-order valence-electron chi connectivity index (χ0n) is 28.7. The van der Waals surface area contributed by atoms with Gasteiger partial charge in [-0.15, -0.1) is 0 Å². The van der Waals surface area contributed by atoms with Gasteiger partial charge in [0.25, 0.3) is 0 Å². The number of nitrogens with zero attached hydrogens (tertiary/aromatic N) is 1. The zero-order chi connectivity index (χ0) is 36.2. The van der Waals surface area contributed by atoms with Gasteiger partial charge < -0.3 is 40.6 Å². The van der Waals surface area contributed by atoms with Gasteiger partial charge in [-0.2, -0.15) is 0 Å². The lowest BCUT2D eigenvalue weighted by atomic mass is 9.63. The number of carbonyl (C=O) groups is 1. The van der Waals surface area contributed by atoms with Crippen molar-refractivity contribution in [2.75, 3.05) is 32.7 Å². The molecule has 0 radical (unpaired) electrons. The second-order valence-electron chi connectivity index (χ2n) is 13.9. The van der Waals surface area contributed by atoms with Crippen molar-refractivity contribution >= 4 is 17.0 Å². The van der Waals surface area contributed by atoms with Crippen LogP contribution in [0.4, 0.5) is 9.18 Å². The van der Waals surface area contributed by atoms with Crippen LogP contribution >= 0.6 is 0 Å². The number of halogens is 1. The number of rotatable bonds is 13. The van der Waals surface area contributed by atoms with Crippen LogP contribution in [0.2, 0.25) is 0 Å². The third kappa shape index (κ3) is 7.38. The molecule has 3 aliphatic heterocycles. The van der Waals surface area contributed by atoms with Gasteiger partial charge >= 0.3 is 6.09 Å². The summed E-state index contributed by atoms with van der Waals surface area (Å²) in [7, 11) is 0. The minimum Gasteiger partial charge on any atom is -0.506 e. The Morgan fingerprint density at radius 2 is 1.71 bits per heavy atom. The van der Waals surface area contributed by atoms with Crippen molar-refractivity contribution in [2.45, 2.75) is 37.5 Å². The number of hydrogen-bond acceptors (Lipinski definition) is 7. The van der Waals surface area contributed by atoms with Crippen LogP contribution < -0.4 is 20.9 Å². The van der Waals surface area contributed by atoms with Gasteiger partial charge in [-0.3, -0.25) is 4.79 Å². The second-order valence-corrected chi connectivity index (χ2v) is 13.9. The lowest BCUT2D eigenvalue weighted by Crippen LogP contribution is -2.61. The molecule has 3 saturated heterocycles. The average molecular weight is 707 g/mol. The first-order valence-corrected chi connectivity index (χ1v) is 17.7. The van der Waals surface area contributed by atoms with Crippen molar-refractivity contribution in [1.82, 2.24) is 20.5 Å². The van der Waals surface area contributed by atoms with E-state index in [0.29, 0.717) is 59.5 Å². The topological polar surface area (TPSA) is 147 Å². The number of aliphatic hydroxyl groups excluding tert-OH is 1. The number of carboxylic acid groups (broad SMARTS) is 1. The minimum absolute atomic E-state index is 0.0511. The minimum atomic E-state index is -1.17. The molecule has 5 aromatic rings. The van der Waals surface area contributed by atoms with Gasteiger partial charge in [-0.05, 0) is 109 Å². The molecule has 270 valence electrons. The number of pyridine rings is 1. The molecule has 3 fully saturated rings. The number of nitrogens with one attached hydrogen (secondary N) is 3. The van der Waals surface area contributed by atoms with Crippen LogP contribution in [0.5, 0.6) is 11.5 Å². The van der Waals surface area contributed by atoms with E-state index in [1.165, 1.54) is 24.3 Å². The lowest BCUT2D eigenvalue weighted by Gasteiger charge is -2.53. The fraction of sp³-hybridized carbons (Fsp3) is 0.317. The van der Waals surface area contributed by atoms with Crippen LogP contribution in [0.15, 0.2) is 102 Å². The maximum absolute atomic E-state index is 14.8. The van der Waals surface area contributed by atoms with E-state index in [-0.39, 0.29) is 29.7 Å². The van der Waals surface area contributed by atoms with Crippen molar-refractivity contribution in [2.24, 2.45) is 11.8 Å². The maximum atomic E-state index is 14.8. The zero-order valence-corrected chi connectivity index (χ0v) is 28.7. The third-order valence-electron chi connectivity index (χ3n) is 10.7. The van der Waals surface area contributed by atoms with E-state index in [0.717, 1.165) is 37.1 Å². The number of aromatic nitrogens is 1. The summed E-state index contributed by atoms with van der Waals surface area (Å²) in [5.41, 5.74) is 2.74. The summed E-state index contributed by atoms with van der Waals surface area (Å²) in [5, 5.41) is 38.0. The Morgan fingerprint density at radius 1 is 0.962 bits per heavy atom. The molecule has 52 heavy (non-hydrogen) atoms. The van der Waals surface area contributed by atoms with Crippen molar-refractivity contribution < 1.29 is 29.2 Å². The largest absolute Gasteiger partial charge is 0.506 e. The van der Waals surface area contributed by atoms with Crippen LogP contribution in [0.3, 0.4) is 0 Å². The number of piperidine rings is 3. The Bertz CT molecular complexity index is 2120. The van der Waals surface area contributed by atoms with Crippen molar-refractivity contribution in [1.29, 1.82) is 0 Å². The van der Waals surface area contributed by atoms with Crippen LogP contribution in [0, 0.1) is 17.7 Å². The molecule has 6 N–H and O–H groups in total. The van der Waals surface area contributed by atoms with Crippen LogP contribution in [0.25, 0.3) is 10.9 Å². The number of amides is 1. The van der Waals surface area contributed by atoms with Crippen molar-refractivity contribution in [3.8, 4) is 11.5 Å². The highest BCUT2D eigenvalue weighted by atomic mass is 19.1. The molecule has 2 bridgehead atoms. The Morgan fingerprint density at radius 3 is 2.46 bits per heavy atom. The van der Waals surface area contributed by atoms with Gasteiger partial charge in [-0.1, -0.05) is 54.6 Å². The summed E-state index contributed by atoms with van der Waals surface area (Å²) in [5.74, 6) is 0.298. The number of fused-ring (bicyclic) bond motifs is 4. The van der Waals surface area contributed by atoms with Gasteiger partial charge in [0, 0.05) is 30.5 Å². The molecule has 1 unspecified atom stereocenters. The molecule has 3 aliphatic rings. The number of phenolic OH excluding ortho intramolecular Hbond substituents is 1. The molecule has 0 aliphatic carbocycles. The molecule has 1 amide bonds. The lowest BCUT2D eigenvalue weighted by molar-refractivity contribution is 0.00708. The highest BCUT2D eigenvalue weighted by Crippen LogP contribution is 2.48. The first kappa shape index (κ1) is 35.2. The molecule has 11 heteroatoms. The van der Waals surface area contributed by atoms with Crippen LogP contribution in [0.1, 0.15) is 46.8 Å². The summed E-state index contributed by atoms with van der Waals surface area (Å²) in [6.45, 7) is 3.85. The smallest absolute Gasteiger partial charge is 0.405 e. The molecule has 10 nitrogen and oxygen atoms in total. The predicted octanol–water partition coefficient (Wildman–Crippen LogP) is 5.67. The molecule has 0 spiro atoms. The summed E-state index contributed by atoms with van der Waals surface area (Å²) >= 11 is 0. The third-order valence-corrected chi connectivity index (χ3v) is 10.7. The van der Waals surface area contributed by atoms with E-state index in [9.17, 15) is 29.3 Å². The quantitative estimate of drug-likeness (QED) is 0.0859. The van der Waals surface area contributed by atoms with E-state index in [1.54, 1.807) is 18.2 Å². The summed E-state index contributed by atoms with van der Waals surface area (Å²) in [6.07, 6.45) is 0.616. The van der Waals surface area contributed by atoms with Crippen LogP contribution in [-0.2, 0) is 18.6 Å². The van der Waals surface area contributed by atoms with Gasteiger partial charge in [-0.25, -0.2) is 9.18 Å². The van der Waals surface area contributed by atoms with Gasteiger partial charge in [0.1, 0.15) is 23.9 Å². The molecule has 0 saturated carbocycles. The van der Waals surface area contributed by atoms with E-state index in [2.05, 4.69) is 26.6 Å². The maximum Gasteiger partial charge on any atom is 0.405 e. The van der Waals surface area contributed by atoms with E-state index < -0.39 is 23.6 Å². The number of H-pyrrole nitrogens is 1. The monoisotopic (exact) mass is 706 g/mol. The molecule has 3 atom stereocenters. The highest BCUT2D eigenvalue weighted by molar-refractivity contribution is 5.87. The first-order chi connectivity index (χ1) is 25.2. The standard InChI is InChI=1S/C41H43FN4O6/c42-31-8-2-6-29(21-31)41(45-40(50)51,35-24-46-18-15-28(35)16-19-46)30-7-3-9-32(22-30)52-25-27-5-1-4-26(20-27)14-17-43-23-37(48)33-10-12-36(47)39-34(33)11-13-38(49)44-39/h1-13,20-22,28,35,37,43,45,47-48H,14-19,23-25H2,(H,44,49)(H,50,51)/t35-,37-,41?/m0/s1. The number of aliphatic hydroxyl groups is 1. The normalized spacial score (nSPS) is 19.9. The number of phenols is 1. The number of aromatic hydroxyl groups is 1. The fourth-order valence-electron chi connectivity index (χ4n) is 8.19. The SMILES string of the molecule is O=C(O)NC(c1cccc(F)c1)(c1cccc(OCc2cccc(CCNC[C@H](O)c3ccc(O)c4[nH]c(=O)ccc34)c2)c1)[C@H]1CN2CCC1CC2. The molecule has 4 aromatic carbocycles. The van der Waals surface area contributed by atoms with Gasteiger partial charge in [0.15, 0.2) is 0 Å². The Labute approximate surface area is 300 Å². The van der Waals surface area contributed by atoms with Gasteiger partial charge in [0.05, 0.1) is 17.2 Å². The van der Waals surface area contributed by atoms with Crippen molar-refractivity contribution in [3.63, 3.8) is 0 Å². The molecular weight excluding hydrogens is 663 g/mol. The van der Waals surface area contributed by atoms with Gasteiger partial charge in [0.2, 0.25) is 5.56 Å².